The Bertz CT molecular complexity index is 462. The zero-order valence-electron chi connectivity index (χ0n) is 7.74. The van der Waals surface area contributed by atoms with Crippen LogP contribution in [0.1, 0.15) is 5.56 Å². The first-order chi connectivity index (χ1) is 6.66. The van der Waals surface area contributed by atoms with Crippen LogP contribution in [-0.4, -0.2) is 9.78 Å². The largest absolute Gasteiger partial charge is 0.397 e. The van der Waals surface area contributed by atoms with Gasteiger partial charge in [-0.15, -0.1) is 0 Å². The molecule has 1 aromatic carbocycles. The molecule has 0 fully saturated rings. The van der Waals surface area contributed by atoms with E-state index in [1.165, 1.54) is 0 Å². The number of aromatic nitrogens is 2. The maximum absolute atomic E-state index is 5.82. The smallest absolute Gasteiger partial charge is 0.0667 e. The number of benzene rings is 1. The number of anilines is 1. The minimum atomic E-state index is 0.567. The highest BCUT2D eigenvalue weighted by Crippen LogP contribution is 2.21. The Kier molecular flexibility index (Phi) is 2.17. The third kappa shape index (κ3) is 1.59. The fourth-order valence-corrected chi connectivity index (χ4v) is 1.35. The van der Waals surface area contributed by atoms with Crippen LogP contribution in [0.2, 0.25) is 5.02 Å². The number of hydrogen-bond acceptors (Lipinski definition) is 2. The molecule has 72 valence electrons. The van der Waals surface area contributed by atoms with Crippen LogP contribution in [0.15, 0.2) is 30.6 Å². The fourth-order valence-electron chi connectivity index (χ4n) is 1.23. The van der Waals surface area contributed by atoms with Gasteiger partial charge in [0.25, 0.3) is 0 Å². The van der Waals surface area contributed by atoms with Crippen LogP contribution in [0, 0.1) is 6.92 Å². The molecule has 0 spiro atoms. The van der Waals surface area contributed by atoms with Crippen molar-refractivity contribution in [3.63, 3.8) is 0 Å². The van der Waals surface area contributed by atoms with Gasteiger partial charge in [-0.25, -0.2) is 4.68 Å². The molecule has 4 heteroatoms. The summed E-state index contributed by atoms with van der Waals surface area (Å²) in [5, 5.41) is 4.74. The lowest BCUT2D eigenvalue weighted by molar-refractivity contribution is 0.881. The van der Waals surface area contributed by atoms with Crippen molar-refractivity contribution in [1.82, 2.24) is 9.78 Å². The van der Waals surface area contributed by atoms with Crippen molar-refractivity contribution in [2.24, 2.45) is 0 Å². The first kappa shape index (κ1) is 9.09. The SMILES string of the molecule is Cc1cnn(-c2ccc(Cl)c(N)c2)c1. The Balaban J connectivity index is 2.47. The molecule has 0 aliphatic carbocycles. The van der Waals surface area contributed by atoms with E-state index in [1.807, 2.05) is 19.2 Å². The van der Waals surface area contributed by atoms with Gasteiger partial charge in [0.05, 0.1) is 22.6 Å². The van der Waals surface area contributed by atoms with E-state index in [0.717, 1.165) is 11.3 Å². The summed E-state index contributed by atoms with van der Waals surface area (Å²) >= 11 is 5.82. The van der Waals surface area contributed by atoms with Gasteiger partial charge in [-0.1, -0.05) is 11.6 Å². The summed E-state index contributed by atoms with van der Waals surface area (Å²) in [5.41, 5.74) is 8.29. The number of nitrogen functional groups attached to an aromatic ring is 1. The van der Waals surface area contributed by atoms with Gasteiger partial charge in [-0.2, -0.15) is 5.10 Å². The van der Waals surface area contributed by atoms with E-state index in [9.17, 15) is 0 Å². The molecule has 0 saturated carbocycles. The summed E-state index contributed by atoms with van der Waals surface area (Å²) in [6.07, 6.45) is 3.73. The number of nitrogens with two attached hydrogens (primary N) is 1. The molecule has 2 rings (SSSR count). The van der Waals surface area contributed by atoms with Gasteiger partial charge in [-0.05, 0) is 30.7 Å². The second kappa shape index (κ2) is 3.35. The van der Waals surface area contributed by atoms with E-state index in [4.69, 9.17) is 17.3 Å². The number of aryl methyl sites for hydroxylation is 1. The highest BCUT2D eigenvalue weighted by Gasteiger charge is 2.01. The molecule has 1 aromatic heterocycles. The van der Waals surface area contributed by atoms with E-state index in [2.05, 4.69) is 5.10 Å². The molecule has 1 heterocycles. The molecule has 0 amide bonds. The average molecular weight is 208 g/mol. The van der Waals surface area contributed by atoms with E-state index < -0.39 is 0 Å². The molecule has 0 radical (unpaired) electrons. The van der Waals surface area contributed by atoms with Crippen LogP contribution < -0.4 is 5.73 Å². The van der Waals surface area contributed by atoms with Gasteiger partial charge in [0.15, 0.2) is 0 Å². The summed E-state index contributed by atoms with van der Waals surface area (Å²) in [6.45, 7) is 1.99. The number of nitrogens with zero attached hydrogens (tertiary/aromatic N) is 2. The average Bonchev–Trinajstić information content (AvgIpc) is 2.57. The number of halogens is 1. The van der Waals surface area contributed by atoms with Crippen molar-refractivity contribution < 1.29 is 0 Å². The normalized spacial score (nSPS) is 10.4. The van der Waals surface area contributed by atoms with Gasteiger partial charge in [-0.3, -0.25) is 0 Å². The minimum Gasteiger partial charge on any atom is -0.397 e. The highest BCUT2D eigenvalue weighted by atomic mass is 35.5. The molecular weight excluding hydrogens is 198 g/mol. The van der Waals surface area contributed by atoms with Gasteiger partial charge >= 0.3 is 0 Å². The topological polar surface area (TPSA) is 43.8 Å². The Morgan fingerprint density at radius 2 is 2.21 bits per heavy atom. The molecule has 2 N–H and O–H groups in total. The van der Waals surface area contributed by atoms with E-state index >= 15 is 0 Å². The van der Waals surface area contributed by atoms with E-state index in [-0.39, 0.29) is 0 Å². The lowest BCUT2D eigenvalue weighted by Crippen LogP contribution is -1.96. The zero-order valence-corrected chi connectivity index (χ0v) is 8.49. The Morgan fingerprint density at radius 1 is 1.43 bits per heavy atom. The molecule has 0 atom stereocenters. The van der Waals surface area contributed by atoms with Crippen LogP contribution in [-0.2, 0) is 0 Å². The molecule has 0 bridgehead atoms. The molecule has 14 heavy (non-hydrogen) atoms. The molecule has 0 saturated heterocycles. The van der Waals surface area contributed by atoms with Crippen molar-refractivity contribution in [2.75, 3.05) is 5.73 Å². The molecule has 0 unspecified atom stereocenters. The predicted octanol–water partition coefficient (Wildman–Crippen LogP) is 2.42. The standard InChI is InChI=1S/C10H10ClN3/c1-7-5-13-14(6-7)8-2-3-9(11)10(12)4-8/h2-6H,12H2,1H3. The van der Waals surface area contributed by atoms with Crippen molar-refractivity contribution in [2.45, 2.75) is 6.92 Å². The van der Waals surface area contributed by atoms with Crippen LogP contribution >= 0.6 is 11.6 Å². The zero-order chi connectivity index (χ0) is 10.1. The monoisotopic (exact) mass is 207 g/mol. The lowest BCUT2D eigenvalue weighted by atomic mass is 10.3. The summed E-state index contributed by atoms with van der Waals surface area (Å²) in [6, 6.07) is 5.45. The van der Waals surface area contributed by atoms with E-state index in [0.29, 0.717) is 10.7 Å². The molecule has 0 aliphatic rings. The summed E-state index contributed by atoms with van der Waals surface area (Å²) < 4.78 is 1.77. The van der Waals surface area contributed by atoms with Gasteiger partial charge in [0.2, 0.25) is 0 Å². The minimum absolute atomic E-state index is 0.567. The highest BCUT2D eigenvalue weighted by molar-refractivity contribution is 6.33. The Hall–Kier alpha value is -1.48. The Morgan fingerprint density at radius 3 is 2.79 bits per heavy atom. The first-order valence-electron chi connectivity index (χ1n) is 4.23. The third-order valence-corrected chi connectivity index (χ3v) is 2.30. The second-order valence-electron chi connectivity index (χ2n) is 3.17. The Labute approximate surface area is 87.1 Å². The summed E-state index contributed by atoms with van der Waals surface area (Å²) in [4.78, 5) is 0. The van der Waals surface area contributed by atoms with Crippen LogP contribution in [0.5, 0.6) is 0 Å². The molecule has 2 aromatic rings. The maximum Gasteiger partial charge on any atom is 0.0667 e. The number of hydrogen-bond donors (Lipinski definition) is 1. The van der Waals surface area contributed by atoms with Crippen LogP contribution in [0.25, 0.3) is 5.69 Å². The van der Waals surface area contributed by atoms with Crippen molar-refractivity contribution >= 4 is 17.3 Å². The predicted molar refractivity (Wildman–Crippen MR) is 57.7 cm³/mol. The maximum atomic E-state index is 5.82. The summed E-state index contributed by atoms with van der Waals surface area (Å²) in [7, 11) is 0. The fraction of sp³-hybridized carbons (Fsp3) is 0.100. The second-order valence-corrected chi connectivity index (χ2v) is 3.58. The third-order valence-electron chi connectivity index (χ3n) is 1.96. The van der Waals surface area contributed by atoms with Crippen LogP contribution in [0.4, 0.5) is 5.69 Å². The van der Waals surface area contributed by atoms with Crippen LogP contribution in [0.3, 0.4) is 0 Å². The lowest BCUT2D eigenvalue weighted by Gasteiger charge is -2.03. The van der Waals surface area contributed by atoms with Gasteiger partial charge < -0.3 is 5.73 Å². The van der Waals surface area contributed by atoms with Crippen molar-refractivity contribution in [1.29, 1.82) is 0 Å². The van der Waals surface area contributed by atoms with E-state index in [1.54, 1.807) is 23.0 Å². The first-order valence-corrected chi connectivity index (χ1v) is 4.61. The van der Waals surface area contributed by atoms with Gasteiger partial charge in [0, 0.05) is 6.20 Å². The molecule has 3 nitrogen and oxygen atoms in total. The van der Waals surface area contributed by atoms with Crippen molar-refractivity contribution in [3.8, 4) is 5.69 Å². The molecule has 0 aliphatic heterocycles. The van der Waals surface area contributed by atoms with Gasteiger partial charge in [0.1, 0.15) is 0 Å². The molecular formula is C10H10ClN3. The quantitative estimate of drug-likeness (QED) is 0.730. The number of rotatable bonds is 1. The van der Waals surface area contributed by atoms with Crippen molar-refractivity contribution in [3.05, 3.63) is 41.2 Å². The summed E-state index contributed by atoms with van der Waals surface area (Å²) in [5.74, 6) is 0.